The summed E-state index contributed by atoms with van der Waals surface area (Å²) in [7, 11) is 0. The smallest absolute Gasteiger partial charge is 0.125 e. The maximum absolute atomic E-state index is 5.58. The lowest BCUT2D eigenvalue weighted by Crippen LogP contribution is -2.02. The molecule has 2 aromatic rings. The SMILES string of the molecule is Cc1cc(-c2nc(CCN)cs2)c(C)n1C1CC1. The summed E-state index contributed by atoms with van der Waals surface area (Å²) in [5, 5.41) is 3.27. The zero-order valence-electron chi connectivity index (χ0n) is 10.9. The van der Waals surface area contributed by atoms with Crippen LogP contribution in [0.1, 0.15) is 36.0 Å². The largest absolute Gasteiger partial charge is 0.345 e. The van der Waals surface area contributed by atoms with Gasteiger partial charge in [-0.15, -0.1) is 11.3 Å². The lowest BCUT2D eigenvalue weighted by molar-refractivity contribution is 0.700. The van der Waals surface area contributed by atoms with E-state index in [1.165, 1.54) is 29.8 Å². The molecule has 2 N–H and O–H groups in total. The third kappa shape index (κ3) is 1.99. The van der Waals surface area contributed by atoms with E-state index >= 15 is 0 Å². The van der Waals surface area contributed by atoms with Gasteiger partial charge in [-0.25, -0.2) is 4.98 Å². The van der Waals surface area contributed by atoms with Gasteiger partial charge in [0.05, 0.1) is 5.69 Å². The molecule has 1 fully saturated rings. The zero-order valence-corrected chi connectivity index (χ0v) is 11.8. The Kier molecular flexibility index (Phi) is 2.99. The van der Waals surface area contributed by atoms with Crippen molar-refractivity contribution in [3.63, 3.8) is 0 Å². The summed E-state index contributed by atoms with van der Waals surface area (Å²) in [6.45, 7) is 5.08. The van der Waals surface area contributed by atoms with Crippen molar-refractivity contribution in [3.05, 3.63) is 28.5 Å². The average molecular weight is 261 g/mol. The van der Waals surface area contributed by atoms with Crippen LogP contribution in [0.25, 0.3) is 10.6 Å². The summed E-state index contributed by atoms with van der Waals surface area (Å²) in [6, 6.07) is 3.01. The molecule has 1 saturated carbocycles. The number of thiazole rings is 1. The molecule has 2 heterocycles. The van der Waals surface area contributed by atoms with E-state index in [2.05, 4.69) is 29.9 Å². The van der Waals surface area contributed by atoms with Gasteiger partial charge in [-0.1, -0.05) is 0 Å². The highest BCUT2D eigenvalue weighted by molar-refractivity contribution is 7.13. The second kappa shape index (κ2) is 4.52. The van der Waals surface area contributed by atoms with E-state index in [0.717, 1.165) is 23.2 Å². The molecule has 0 bridgehead atoms. The number of aryl methyl sites for hydroxylation is 1. The van der Waals surface area contributed by atoms with E-state index in [4.69, 9.17) is 10.7 Å². The van der Waals surface area contributed by atoms with Gasteiger partial charge in [0.25, 0.3) is 0 Å². The van der Waals surface area contributed by atoms with Crippen LogP contribution in [0.15, 0.2) is 11.4 Å². The summed E-state index contributed by atoms with van der Waals surface area (Å²) in [5.74, 6) is 0. The van der Waals surface area contributed by atoms with Crippen molar-refractivity contribution in [3.8, 4) is 10.6 Å². The highest BCUT2D eigenvalue weighted by Crippen LogP contribution is 2.40. The molecule has 4 heteroatoms. The quantitative estimate of drug-likeness (QED) is 0.919. The second-order valence-corrected chi connectivity index (χ2v) is 5.93. The van der Waals surface area contributed by atoms with Crippen molar-refractivity contribution in [1.29, 1.82) is 0 Å². The predicted molar refractivity (Wildman–Crippen MR) is 76.0 cm³/mol. The van der Waals surface area contributed by atoms with Crippen LogP contribution >= 0.6 is 11.3 Å². The van der Waals surface area contributed by atoms with Crippen molar-refractivity contribution in [1.82, 2.24) is 9.55 Å². The van der Waals surface area contributed by atoms with Gasteiger partial charge in [0, 0.05) is 34.8 Å². The molecule has 1 aliphatic carbocycles. The van der Waals surface area contributed by atoms with Crippen LogP contribution in [-0.4, -0.2) is 16.1 Å². The average Bonchev–Trinajstić information content (AvgIpc) is 2.98. The van der Waals surface area contributed by atoms with Crippen LogP contribution in [0.2, 0.25) is 0 Å². The van der Waals surface area contributed by atoms with Gasteiger partial charge in [-0.3, -0.25) is 0 Å². The van der Waals surface area contributed by atoms with Crippen molar-refractivity contribution in [2.24, 2.45) is 5.73 Å². The number of hydrogen-bond acceptors (Lipinski definition) is 3. The van der Waals surface area contributed by atoms with Gasteiger partial charge >= 0.3 is 0 Å². The molecule has 0 atom stereocenters. The monoisotopic (exact) mass is 261 g/mol. The van der Waals surface area contributed by atoms with Gasteiger partial charge in [-0.2, -0.15) is 0 Å². The van der Waals surface area contributed by atoms with E-state index in [1.807, 2.05) is 0 Å². The fourth-order valence-corrected chi connectivity index (χ4v) is 3.50. The zero-order chi connectivity index (χ0) is 12.7. The summed E-state index contributed by atoms with van der Waals surface area (Å²) in [4.78, 5) is 4.69. The maximum atomic E-state index is 5.58. The van der Waals surface area contributed by atoms with Crippen LogP contribution in [0, 0.1) is 13.8 Å². The molecular weight excluding hydrogens is 242 g/mol. The van der Waals surface area contributed by atoms with Crippen molar-refractivity contribution >= 4 is 11.3 Å². The maximum Gasteiger partial charge on any atom is 0.125 e. The Morgan fingerprint density at radius 1 is 1.44 bits per heavy atom. The lowest BCUT2D eigenvalue weighted by atomic mass is 10.2. The molecule has 18 heavy (non-hydrogen) atoms. The molecule has 0 aromatic carbocycles. The van der Waals surface area contributed by atoms with E-state index in [1.54, 1.807) is 11.3 Å². The van der Waals surface area contributed by atoms with Crippen LogP contribution < -0.4 is 5.73 Å². The summed E-state index contributed by atoms with van der Waals surface area (Å²) >= 11 is 1.73. The van der Waals surface area contributed by atoms with Gasteiger partial charge in [0.15, 0.2) is 0 Å². The molecule has 96 valence electrons. The standard InChI is InChI=1S/C14H19N3S/c1-9-7-13(10(2)17(9)12-3-4-12)14-16-11(5-6-15)8-18-14/h7-8,12H,3-6,15H2,1-2H3. The fourth-order valence-electron chi connectivity index (χ4n) is 2.58. The molecule has 0 aliphatic heterocycles. The Hall–Kier alpha value is -1.13. The molecule has 0 unspecified atom stereocenters. The Labute approximate surface area is 112 Å². The van der Waals surface area contributed by atoms with Crippen LogP contribution in [0.3, 0.4) is 0 Å². The first-order chi connectivity index (χ1) is 8.70. The molecule has 0 radical (unpaired) electrons. The van der Waals surface area contributed by atoms with E-state index < -0.39 is 0 Å². The van der Waals surface area contributed by atoms with Gasteiger partial charge in [-0.05, 0) is 39.3 Å². The number of hydrogen-bond donors (Lipinski definition) is 1. The summed E-state index contributed by atoms with van der Waals surface area (Å²) in [5.41, 5.74) is 10.7. The number of aromatic nitrogens is 2. The van der Waals surface area contributed by atoms with Gasteiger partial charge < -0.3 is 10.3 Å². The van der Waals surface area contributed by atoms with Crippen LogP contribution in [0.5, 0.6) is 0 Å². The minimum atomic E-state index is 0.671. The number of nitrogens with two attached hydrogens (primary N) is 1. The Bertz CT molecular complexity index is 564. The molecule has 3 nitrogen and oxygen atoms in total. The van der Waals surface area contributed by atoms with Gasteiger partial charge in [0.2, 0.25) is 0 Å². The third-order valence-electron chi connectivity index (χ3n) is 3.58. The highest BCUT2D eigenvalue weighted by Gasteiger charge is 2.27. The molecule has 3 rings (SSSR count). The minimum absolute atomic E-state index is 0.671. The first-order valence-corrected chi connectivity index (χ1v) is 7.42. The molecule has 0 amide bonds. The Morgan fingerprint density at radius 2 is 2.22 bits per heavy atom. The van der Waals surface area contributed by atoms with E-state index in [9.17, 15) is 0 Å². The topological polar surface area (TPSA) is 43.8 Å². The highest BCUT2D eigenvalue weighted by atomic mass is 32.1. The third-order valence-corrected chi connectivity index (χ3v) is 4.50. The van der Waals surface area contributed by atoms with Gasteiger partial charge in [0.1, 0.15) is 5.01 Å². The molecule has 0 spiro atoms. The van der Waals surface area contributed by atoms with Crippen LogP contribution in [0.4, 0.5) is 0 Å². The van der Waals surface area contributed by atoms with E-state index in [-0.39, 0.29) is 0 Å². The molecular formula is C14H19N3S. The lowest BCUT2D eigenvalue weighted by Gasteiger charge is -2.06. The first-order valence-electron chi connectivity index (χ1n) is 6.54. The van der Waals surface area contributed by atoms with Crippen molar-refractivity contribution < 1.29 is 0 Å². The van der Waals surface area contributed by atoms with Crippen molar-refractivity contribution in [2.75, 3.05) is 6.54 Å². The second-order valence-electron chi connectivity index (χ2n) is 5.07. The first kappa shape index (κ1) is 11.9. The van der Waals surface area contributed by atoms with Crippen LogP contribution in [-0.2, 0) is 6.42 Å². The molecule has 1 aliphatic rings. The number of nitrogens with zero attached hydrogens (tertiary/aromatic N) is 2. The Balaban J connectivity index is 1.97. The molecule has 2 aromatic heterocycles. The summed E-state index contributed by atoms with van der Waals surface area (Å²) < 4.78 is 2.47. The van der Waals surface area contributed by atoms with Crippen molar-refractivity contribution in [2.45, 2.75) is 39.2 Å². The Morgan fingerprint density at radius 3 is 2.89 bits per heavy atom. The van der Waals surface area contributed by atoms with E-state index in [0.29, 0.717) is 6.54 Å². The summed E-state index contributed by atoms with van der Waals surface area (Å²) in [6.07, 6.45) is 3.52. The predicted octanol–water partition coefficient (Wildman–Crippen LogP) is 3.06. The minimum Gasteiger partial charge on any atom is -0.345 e. The normalized spacial score (nSPS) is 15.3. The number of rotatable bonds is 4. The fraction of sp³-hybridized carbons (Fsp3) is 0.500. The molecule has 0 saturated heterocycles.